The van der Waals surface area contributed by atoms with Crippen molar-refractivity contribution in [1.82, 2.24) is 10.3 Å². The summed E-state index contributed by atoms with van der Waals surface area (Å²) in [4.78, 5) is 16.1. The zero-order valence-corrected chi connectivity index (χ0v) is 11.7. The van der Waals surface area contributed by atoms with Crippen molar-refractivity contribution in [3.05, 3.63) is 29.6 Å². The van der Waals surface area contributed by atoms with Gasteiger partial charge < -0.3 is 5.32 Å². The molecule has 0 saturated heterocycles. The van der Waals surface area contributed by atoms with Crippen LogP contribution in [0.25, 0.3) is 0 Å². The van der Waals surface area contributed by atoms with Crippen LogP contribution in [0.5, 0.6) is 0 Å². The minimum absolute atomic E-state index is 0.0859. The molecule has 4 atom stereocenters. The predicted octanol–water partition coefficient (Wildman–Crippen LogP) is 2.51. The maximum Gasteiger partial charge on any atom is 0.253 e. The molecule has 1 aromatic heterocycles. The molecule has 4 nitrogen and oxygen atoms in total. The molecule has 2 saturated carbocycles. The molecule has 2 aliphatic carbocycles. The van der Waals surface area contributed by atoms with Crippen molar-refractivity contribution in [3.63, 3.8) is 0 Å². The van der Waals surface area contributed by atoms with Gasteiger partial charge in [0.2, 0.25) is 0 Å². The molecule has 2 fully saturated rings. The largest absolute Gasteiger partial charge is 0.349 e. The van der Waals surface area contributed by atoms with Crippen LogP contribution in [0.15, 0.2) is 18.3 Å². The highest BCUT2D eigenvalue weighted by Crippen LogP contribution is 2.49. The molecule has 1 heterocycles. The Morgan fingerprint density at radius 2 is 2.30 bits per heavy atom. The van der Waals surface area contributed by atoms with Crippen molar-refractivity contribution >= 4 is 5.91 Å². The molecule has 1 amide bonds. The van der Waals surface area contributed by atoms with Gasteiger partial charge in [-0.2, -0.15) is 5.26 Å². The van der Waals surface area contributed by atoms with Crippen molar-refractivity contribution < 1.29 is 4.79 Å². The van der Waals surface area contributed by atoms with Gasteiger partial charge in [-0.05, 0) is 56.1 Å². The summed E-state index contributed by atoms with van der Waals surface area (Å²) in [5.41, 5.74) is 0.863. The van der Waals surface area contributed by atoms with Gasteiger partial charge >= 0.3 is 0 Å². The number of carbonyl (C=O) groups excluding carboxylic acids is 1. The average Bonchev–Trinajstić information content (AvgIpc) is 3.10. The number of nitrogens with zero attached hydrogens (tertiary/aromatic N) is 2. The number of carbonyl (C=O) groups is 1. The number of pyridine rings is 1. The fraction of sp³-hybridized carbons (Fsp3) is 0.562. The highest BCUT2D eigenvalue weighted by molar-refractivity contribution is 5.94. The number of aromatic nitrogens is 1. The van der Waals surface area contributed by atoms with Crippen LogP contribution in [-0.4, -0.2) is 16.9 Å². The first-order chi connectivity index (χ1) is 9.67. The summed E-state index contributed by atoms with van der Waals surface area (Å²) in [6.07, 6.45) is 6.79. The van der Waals surface area contributed by atoms with E-state index in [0.717, 1.165) is 11.8 Å². The van der Waals surface area contributed by atoms with E-state index in [1.807, 2.05) is 6.07 Å². The second-order valence-electron chi connectivity index (χ2n) is 6.14. The van der Waals surface area contributed by atoms with Crippen LogP contribution in [0, 0.1) is 29.1 Å². The quantitative estimate of drug-likeness (QED) is 0.916. The van der Waals surface area contributed by atoms with E-state index in [9.17, 15) is 4.79 Å². The molecule has 20 heavy (non-hydrogen) atoms. The molecule has 4 unspecified atom stereocenters. The minimum Gasteiger partial charge on any atom is -0.349 e. The first-order valence-corrected chi connectivity index (χ1v) is 7.34. The maximum absolute atomic E-state index is 12.2. The molecule has 0 aromatic carbocycles. The van der Waals surface area contributed by atoms with Crippen LogP contribution < -0.4 is 5.32 Å². The second kappa shape index (κ2) is 5.24. The Morgan fingerprint density at radius 3 is 2.85 bits per heavy atom. The Hall–Kier alpha value is -1.89. The summed E-state index contributed by atoms with van der Waals surface area (Å²) in [5.74, 6) is 2.23. The van der Waals surface area contributed by atoms with E-state index in [2.05, 4.69) is 17.2 Å². The molecule has 2 aliphatic rings. The summed E-state index contributed by atoms with van der Waals surface area (Å²) < 4.78 is 0. The number of hydrogen-bond acceptors (Lipinski definition) is 3. The third kappa shape index (κ3) is 2.40. The van der Waals surface area contributed by atoms with Crippen LogP contribution in [0.1, 0.15) is 48.7 Å². The van der Waals surface area contributed by atoms with Gasteiger partial charge in [0, 0.05) is 12.2 Å². The normalized spacial score (nSPS) is 28.9. The highest BCUT2D eigenvalue weighted by atomic mass is 16.1. The summed E-state index contributed by atoms with van der Waals surface area (Å²) in [6, 6.07) is 5.41. The van der Waals surface area contributed by atoms with Gasteiger partial charge in [0.1, 0.15) is 11.8 Å². The molecule has 3 rings (SSSR count). The molecule has 1 aromatic rings. The van der Waals surface area contributed by atoms with Gasteiger partial charge in [-0.25, -0.2) is 4.98 Å². The number of nitrogens with one attached hydrogen (secondary N) is 1. The van der Waals surface area contributed by atoms with Gasteiger partial charge in [0.25, 0.3) is 5.91 Å². The topological polar surface area (TPSA) is 65.8 Å². The fourth-order valence-electron chi connectivity index (χ4n) is 3.90. The number of hydrogen-bond donors (Lipinski definition) is 1. The molecule has 2 bridgehead atoms. The van der Waals surface area contributed by atoms with Crippen LogP contribution in [0.3, 0.4) is 0 Å². The van der Waals surface area contributed by atoms with Gasteiger partial charge in [0.15, 0.2) is 0 Å². The number of nitriles is 1. The van der Waals surface area contributed by atoms with Gasteiger partial charge in [-0.1, -0.05) is 6.42 Å². The standard InChI is InChI=1S/C16H19N3O/c1-10(15-7-11-2-3-12(15)6-11)19-16(20)13-4-5-14(8-17)18-9-13/h4-5,9-12,15H,2-3,6-7H2,1H3,(H,19,20). The van der Waals surface area contributed by atoms with E-state index in [4.69, 9.17) is 5.26 Å². The first kappa shape index (κ1) is 13.1. The van der Waals surface area contributed by atoms with Crippen LogP contribution in [0.2, 0.25) is 0 Å². The summed E-state index contributed by atoms with van der Waals surface area (Å²) in [7, 11) is 0. The van der Waals surface area contributed by atoms with Crippen molar-refractivity contribution in [2.45, 2.75) is 38.6 Å². The van der Waals surface area contributed by atoms with Crippen LogP contribution >= 0.6 is 0 Å². The zero-order chi connectivity index (χ0) is 14.1. The minimum atomic E-state index is -0.0859. The predicted molar refractivity (Wildman–Crippen MR) is 74.8 cm³/mol. The van der Waals surface area contributed by atoms with Crippen molar-refractivity contribution in [1.29, 1.82) is 5.26 Å². The highest BCUT2D eigenvalue weighted by Gasteiger charge is 2.42. The summed E-state index contributed by atoms with van der Waals surface area (Å²) in [6.45, 7) is 2.11. The van der Waals surface area contributed by atoms with Gasteiger partial charge in [0.05, 0.1) is 5.56 Å². The first-order valence-electron chi connectivity index (χ1n) is 7.34. The van der Waals surface area contributed by atoms with Gasteiger partial charge in [-0.15, -0.1) is 0 Å². The molecule has 0 radical (unpaired) electrons. The lowest BCUT2D eigenvalue weighted by atomic mass is 9.84. The number of fused-ring (bicyclic) bond motifs is 2. The van der Waals surface area contributed by atoms with E-state index in [-0.39, 0.29) is 11.9 Å². The smallest absolute Gasteiger partial charge is 0.253 e. The van der Waals surface area contributed by atoms with Crippen molar-refractivity contribution in [3.8, 4) is 6.07 Å². The van der Waals surface area contributed by atoms with Crippen molar-refractivity contribution in [2.75, 3.05) is 0 Å². The third-order valence-corrected chi connectivity index (χ3v) is 4.93. The molecular formula is C16H19N3O. The third-order valence-electron chi connectivity index (χ3n) is 4.93. The Balaban J connectivity index is 1.62. The molecule has 1 N–H and O–H groups in total. The molecule has 4 heteroatoms. The zero-order valence-electron chi connectivity index (χ0n) is 11.7. The van der Waals surface area contributed by atoms with Crippen LogP contribution in [-0.2, 0) is 0 Å². The van der Waals surface area contributed by atoms with E-state index in [1.165, 1.54) is 31.9 Å². The second-order valence-corrected chi connectivity index (χ2v) is 6.14. The number of amides is 1. The molecular weight excluding hydrogens is 250 g/mol. The maximum atomic E-state index is 12.2. The molecule has 0 spiro atoms. The Labute approximate surface area is 119 Å². The van der Waals surface area contributed by atoms with E-state index >= 15 is 0 Å². The lowest BCUT2D eigenvalue weighted by Crippen LogP contribution is -2.40. The Morgan fingerprint density at radius 1 is 1.45 bits per heavy atom. The number of rotatable bonds is 3. The van der Waals surface area contributed by atoms with Gasteiger partial charge in [-0.3, -0.25) is 4.79 Å². The summed E-state index contributed by atoms with van der Waals surface area (Å²) >= 11 is 0. The SMILES string of the molecule is CC(NC(=O)c1ccc(C#N)nc1)C1CC2CCC1C2. The molecule has 104 valence electrons. The fourth-order valence-corrected chi connectivity index (χ4v) is 3.90. The lowest BCUT2D eigenvalue weighted by Gasteiger charge is -2.28. The van der Waals surface area contributed by atoms with Crippen LogP contribution in [0.4, 0.5) is 0 Å². The Kier molecular flexibility index (Phi) is 3.43. The lowest BCUT2D eigenvalue weighted by molar-refractivity contribution is 0.0915. The summed E-state index contributed by atoms with van der Waals surface area (Å²) in [5, 5.41) is 11.8. The monoisotopic (exact) mass is 269 g/mol. The molecule has 0 aliphatic heterocycles. The van der Waals surface area contributed by atoms with E-state index < -0.39 is 0 Å². The Bertz CT molecular complexity index is 546. The van der Waals surface area contributed by atoms with E-state index in [1.54, 1.807) is 12.1 Å². The average molecular weight is 269 g/mol. The van der Waals surface area contributed by atoms with Crippen molar-refractivity contribution in [2.24, 2.45) is 17.8 Å². The van der Waals surface area contributed by atoms with E-state index in [0.29, 0.717) is 17.2 Å².